The standard InChI is InChI=1S/C18H23NO2/c1-11(18(20)19-14-5-6-14)10-13-3-2-12-4-7-16-15(17(12)13)8-9-21-16/h4,7,11,13-14H,2-3,5-6,8-10H2,1H3,(H,19,20)/t11?,13-/m0/s1. The normalized spacial score (nSPS) is 24.1. The zero-order chi connectivity index (χ0) is 14.4. The summed E-state index contributed by atoms with van der Waals surface area (Å²) in [4.78, 5) is 12.2. The summed E-state index contributed by atoms with van der Waals surface area (Å²) in [6, 6.07) is 4.83. The first-order valence-corrected chi connectivity index (χ1v) is 8.30. The number of hydrogen-bond donors (Lipinski definition) is 1. The van der Waals surface area contributed by atoms with Crippen molar-refractivity contribution in [3.63, 3.8) is 0 Å². The molecule has 2 atom stereocenters. The largest absolute Gasteiger partial charge is 0.493 e. The maximum atomic E-state index is 12.2. The van der Waals surface area contributed by atoms with Crippen LogP contribution >= 0.6 is 0 Å². The molecule has 3 nitrogen and oxygen atoms in total. The molecule has 1 saturated carbocycles. The summed E-state index contributed by atoms with van der Waals surface area (Å²) >= 11 is 0. The van der Waals surface area contributed by atoms with E-state index in [1.807, 2.05) is 0 Å². The van der Waals surface area contributed by atoms with E-state index < -0.39 is 0 Å². The molecular formula is C18H23NO2. The van der Waals surface area contributed by atoms with Gasteiger partial charge in [0, 0.05) is 23.9 Å². The number of nitrogens with one attached hydrogen (secondary N) is 1. The first-order valence-electron chi connectivity index (χ1n) is 8.30. The fraction of sp³-hybridized carbons (Fsp3) is 0.611. The van der Waals surface area contributed by atoms with Gasteiger partial charge >= 0.3 is 0 Å². The van der Waals surface area contributed by atoms with E-state index in [1.165, 1.54) is 23.1 Å². The Morgan fingerprint density at radius 1 is 1.33 bits per heavy atom. The van der Waals surface area contributed by atoms with Crippen LogP contribution in [0.15, 0.2) is 12.1 Å². The van der Waals surface area contributed by atoms with Crippen LogP contribution in [-0.2, 0) is 17.6 Å². The van der Waals surface area contributed by atoms with Gasteiger partial charge in [-0.05, 0) is 55.2 Å². The molecule has 3 aliphatic rings. The van der Waals surface area contributed by atoms with Crippen LogP contribution in [-0.4, -0.2) is 18.6 Å². The van der Waals surface area contributed by atoms with Crippen molar-refractivity contribution in [2.75, 3.05) is 6.61 Å². The van der Waals surface area contributed by atoms with Gasteiger partial charge in [0.2, 0.25) is 5.91 Å². The fourth-order valence-electron chi connectivity index (χ4n) is 3.89. The van der Waals surface area contributed by atoms with E-state index in [0.717, 1.165) is 44.5 Å². The lowest BCUT2D eigenvalue weighted by Crippen LogP contribution is -2.31. The van der Waals surface area contributed by atoms with Crippen molar-refractivity contribution in [2.24, 2.45) is 5.92 Å². The molecule has 0 aromatic heterocycles. The third kappa shape index (κ3) is 2.43. The number of hydrogen-bond acceptors (Lipinski definition) is 2. The van der Waals surface area contributed by atoms with Gasteiger partial charge in [0.15, 0.2) is 0 Å². The summed E-state index contributed by atoms with van der Waals surface area (Å²) in [6.45, 7) is 2.89. The van der Waals surface area contributed by atoms with E-state index in [2.05, 4.69) is 24.4 Å². The second-order valence-corrected chi connectivity index (χ2v) is 6.87. The van der Waals surface area contributed by atoms with Gasteiger partial charge in [0.1, 0.15) is 5.75 Å². The Balaban J connectivity index is 1.51. The molecule has 0 bridgehead atoms. The summed E-state index contributed by atoms with van der Waals surface area (Å²) in [5, 5.41) is 3.14. The van der Waals surface area contributed by atoms with Crippen LogP contribution < -0.4 is 10.1 Å². The number of ether oxygens (including phenoxy) is 1. The van der Waals surface area contributed by atoms with Crippen molar-refractivity contribution in [1.82, 2.24) is 5.32 Å². The molecule has 2 aliphatic carbocycles. The second kappa shape index (κ2) is 5.04. The number of fused-ring (bicyclic) bond motifs is 3. The molecule has 0 saturated heterocycles. The zero-order valence-electron chi connectivity index (χ0n) is 12.7. The first-order chi connectivity index (χ1) is 10.2. The van der Waals surface area contributed by atoms with E-state index in [4.69, 9.17) is 4.74 Å². The Labute approximate surface area is 126 Å². The molecule has 1 aliphatic heterocycles. The van der Waals surface area contributed by atoms with Crippen LogP contribution in [0.5, 0.6) is 5.75 Å². The minimum atomic E-state index is 0.111. The molecule has 112 valence electrons. The first kappa shape index (κ1) is 13.2. The fourth-order valence-corrected chi connectivity index (χ4v) is 3.89. The van der Waals surface area contributed by atoms with Crippen molar-refractivity contribution in [2.45, 2.75) is 57.4 Å². The summed E-state index contributed by atoms with van der Waals surface area (Å²) in [6.07, 6.45) is 6.68. The van der Waals surface area contributed by atoms with E-state index in [9.17, 15) is 4.79 Å². The van der Waals surface area contributed by atoms with Gasteiger partial charge in [-0.25, -0.2) is 0 Å². The summed E-state index contributed by atoms with van der Waals surface area (Å²) in [7, 11) is 0. The van der Waals surface area contributed by atoms with Crippen LogP contribution in [0, 0.1) is 5.92 Å². The van der Waals surface area contributed by atoms with Crippen molar-refractivity contribution >= 4 is 5.91 Å². The Bertz CT molecular complexity index is 577. The van der Waals surface area contributed by atoms with Crippen LogP contribution in [0.25, 0.3) is 0 Å². The molecule has 1 unspecified atom stereocenters. The molecule has 4 rings (SSSR count). The highest BCUT2D eigenvalue weighted by Gasteiger charge is 2.32. The molecule has 1 fully saturated rings. The molecule has 21 heavy (non-hydrogen) atoms. The average molecular weight is 285 g/mol. The van der Waals surface area contributed by atoms with Gasteiger partial charge in [-0.3, -0.25) is 4.79 Å². The summed E-state index contributed by atoms with van der Waals surface area (Å²) < 4.78 is 5.71. The Morgan fingerprint density at radius 2 is 2.19 bits per heavy atom. The van der Waals surface area contributed by atoms with Crippen molar-refractivity contribution in [3.05, 3.63) is 28.8 Å². The lowest BCUT2D eigenvalue weighted by molar-refractivity contribution is -0.124. The third-order valence-electron chi connectivity index (χ3n) is 5.19. The minimum absolute atomic E-state index is 0.111. The van der Waals surface area contributed by atoms with Crippen molar-refractivity contribution in [3.8, 4) is 5.75 Å². The van der Waals surface area contributed by atoms with Gasteiger partial charge in [0.25, 0.3) is 0 Å². The van der Waals surface area contributed by atoms with E-state index in [-0.39, 0.29) is 11.8 Å². The number of carbonyl (C=O) groups excluding carboxylic acids is 1. The highest BCUT2D eigenvalue weighted by atomic mass is 16.5. The number of carbonyl (C=O) groups is 1. The SMILES string of the molecule is CC(C[C@@H]1CCc2ccc3c(c21)CCO3)C(=O)NC1CC1. The molecule has 0 radical (unpaired) electrons. The quantitative estimate of drug-likeness (QED) is 0.923. The second-order valence-electron chi connectivity index (χ2n) is 6.87. The molecule has 1 heterocycles. The van der Waals surface area contributed by atoms with E-state index in [0.29, 0.717) is 12.0 Å². The maximum Gasteiger partial charge on any atom is 0.223 e. The van der Waals surface area contributed by atoms with E-state index in [1.54, 1.807) is 0 Å². The van der Waals surface area contributed by atoms with E-state index >= 15 is 0 Å². The number of amides is 1. The Hall–Kier alpha value is -1.51. The van der Waals surface area contributed by atoms with Gasteiger partial charge in [0.05, 0.1) is 6.61 Å². The number of benzene rings is 1. The Morgan fingerprint density at radius 3 is 3.00 bits per heavy atom. The van der Waals surface area contributed by atoms with Gasteiger partial charge in [-0.2, -0.15) is 0 Å². The van der Waals surface area contributed by atoms with Crippen LogP contribution in [0.2, 0.25) is 0 Å². The van der Waals surface area contributed by atoms with Gasteiger partial charge in [-0.1, -0.05) is 13.0 Å². The van der Waals surface area contributed by atoms with Crippen molar-refractivity contribution < 1.29 is 9.53 Å². The van der Waals surface area contributed by atoms with Crippen molar-refractivity contribution in [1.29, 1.82) is 0 Å². The van der Waals surface area contributed by atoms with Crippen LogP contribution in [0.3, 0.4) is 0 Å². The molecule has 3 heteroatoms. The number of aryl methyl sites for hydroxylation is 1. The number of rotatable bonds is 4. The van der Waals surface area contributed by atoms with Gasteiger partial charge < -0.3 is 10.1 Å². The molecular weight excluding hydrogens is 262 g/mol. The lowest BCUT2D eigenvalue weighted by Gasteiger charge is -2.19. The Kier molecular flexibility index (Phi) is 3.16. The molecule has 1 N–H and O–H groups in total. The smallest absolute Gasteiger partial charge is 0.223 e. The predicted octanol–water partition coefficient (Wildman–Crippen LogP) is 2.96. The lowest BCUT2D eigenvalue weighted by atomic mass is 9.87. The molecule has 0 spiro atoms. The molecule has 1 aromatic carbocycles. The topological polar surface area (TPSA) is 38.3 Å². The maximum absolute atomic E-state index is 12.2. The highest BCUT2D eigenvalue weighted by molar-refractivity contribution is 5.79. The van der Waals surface area contributed by atoms with Crippen LogP contribution in [0.4, 0.5) is 0 Å². The highest BCUT2D eigenvalue weighted by Crippen LogP contribution is 2.44. The third-order valence-corrected chi connectivity index (χ3v) is 5.19. The summed E-state index contributed by atoms with van der Waals surface area (Å²) in [5.41, 5.74) is 4.42. The monoisotopic (exact) mass is 285 g/mol. The minimum Gasteiger partial charge on any atom is -0.493 e. The average Bonchev–Trinajstić information content (AvgIpc) is 3.01. The zero-order valence-corrected chi connectivity index (χ0v) is 12.7. The molecule has 1 amide bonds. The van der Waals surface area contributed by atoms with Crippen LogP contribution in [0.1, 0.15) is 55.2 Å². The predicted molar refractivity (Wildman–Crippen MR) is 81.6 cm³/mol. The summed E-state index contributed by atoms with van der Waals surface area (Å²) in [5.74, 6) is 1.97. The molecule has 1 aromatic rings. The van der Waals surface area contributed by atoms with Gasteiger partial charge in [-0.15, -0.1) is 0 Å².